The minimum absolute atomic E-state index is 0.0739. The quantitative estimate of drug-likeness (QED) is 0.404. The number of hydrogen-bond acceptors (Lipinski definition) is 10. The fraction of sp³-hybridized carbons (Fsp3) is 0.520. The van der Waals surface area contributed by atoms with E-state index in [1.807, 2.05) is 19.1 Å². The lowest BCUT2D eigenvalue weighted by Gasteiger charge is -2.41. The van der Waals surface area contributed by atoms with Gasteiger partial charge in [0.05, 0.1) is 24.1 Å². The number of nitrogens with one attached hydrogen (secondary N) is 1. The van der Waals surface area contributed by atoms with Crippen LogP contribution in [0.4, 0.5) is 23.0 Å². The second-order valence-electron chi connectivity index (χ2n) is 10.1. The highest BCUT2D eigenvalue weighted by Gasteiger charge is 2.47. The number of aliphatic imine (C=N–C) groups is 2. The van der Waals surface area contributed by atoms with Crippen molar-refractivity contribution in [3.63, 3.8) is 0 Å². The number of fused-ring (bicyclic) bond motifs is 1. The van der Waals surface area contributed by atoms with Gasteiger partial charge in [-0.1, -0.05) is 5.16 Å². The molecule has 3 aliphatic rings. The van der Waals surface area contributed by atoms with Gasteiger partial charge in [-0.05, 0) is 58.4 Å². The second-order valence-corrected chi connectivity index (χ2v) is 10.1. The molecule has 0 radical (unpaired) electrons. The second kappa shape index (κ2) is 9.34. The van der Waals surface area contributed by atoms with E-state index in [-0.39, 0.29) is 17.6 Å². The molecule has 0 aromatic carbocycles. The van der Waals surface area contributed by atoms with Gasteiger partial charge in [-0.3, -0.25) is 10.1 Å². The van der Waals surface area contributed by atoms with Crippen molar-refractivity contribution < 1.29 is 9.26 Å². The average molecular weight is 505 g/mol. The number of aromatic nitrogens is 5. The number of pyridine rings is 1. The Bertz CT molecular complexity index is 1310. The highest BCUT2D eigenvalue weighted by molar-refractivity contribution is 5.87. The molecule has 1 spiro atoms. The van der Waals surface area contributed by atoms with Gasteiger partial charge in [-0.15, -0.1) is 0 Å². The van der Waals surface area contributed by atoms with Crippen LogP contribution in [0.15, 0.2) is 33.0 Å². The first kappa shape index (κ1) is 23.7. The predicted molar refractivity (Wildman–Crippen MR) is 140 cm³/mol. The third kappa shape index (κ3) is 4.09. The Morgan fingerprint density at radius 3 is 2.81 bits per heavy atom. The summed E-state index contributed by atoms with van der Waals surface area (Å²) < 4.78 is 10.7. The van der Waals surface area contributed by atoms with E-state index in [1.54, 1.807) is 0 Å². The Morgan fingerprint density at radius 1 is 1.27 bits per heavy atom. The first-order valence-corrected chi connectivity index (χ1v) is 12.8. The Labute approximate surface area is 215 Å². The maximum absolute atomic E-state index is 6.49. The molecular formula is C25H32N10O2. The normalized spacial score (nSPS) is 23.5. The van der Waals surface area contributed by atoms with Gasteiger partial charge in [-0.2, -0.15) is 10.1 Å². The fourth-order valence-corrected chi connectivity index (χ4v) is 5.79. The van der Waals surface area contributed by atoms with Crippen molar-refractivity contribution >= 4 is 35.6 Å². The molecule has 3 aliphatic heterocycles. The largest absolute Gasteiger partial charge is 0.376 e. The number of ether oxygens (including phenoxy) is 1. The molecule has 2 fully saturated rings. The number of nitrogens with zero attached hydrogens (tertiary/aromatic N) is 8. The van der Waals surface area contributed by atoms with Crippen molar-refractivity contribution in [3.05, 3.63) is 24.2 Å². The molecule has 0 amide bonds. The van der Waals surface area contributed by atoms with E-state index in [9.17, 15) is 0 Å². The fourth-order valence-electron chi connectivity index (χ4n) is 5.79. The van der Waals surface area contributed by atoms with Crippen LogP contribution in [0.2, 0.25) is 0 Å². The molecule has 3 aromatic heterocycles. The monoisotopic (exact) mass is 504 g/mol. The molecule has 12 nitrogen and oxygen atoms in total. The van der Waals surface area contributed by atoms with E-state index in [0.29, 0.717) is 28.8 Å². The number of amidine groups is 1. The van der Waals surface area contributed by atoms with Gasteiger partial charge in [0, 0.05) is 31.1 Å². The van der Waals surface area contributed by atoms with Gasteiger partial charge in [0.2, 0.25) is 12.2 Å². The third-order valence-electron chi connectivity index (χ3n) is 8.08. The van der Waals surface area contributed by atoms with E-state index in [4.69, 9.17) is 25.0 Å². The zero-order chi connectivity index (χ0) is 25.6. The highest BCUT2D eigenvalue weighted by Crippen LogP contribution is 2.43. The number of aryl methyl sites for hydroxylation is 1. The molecule has 6 heterocycles. The van der Waals surface area contributed by atoms with Crippen LogP contribution in [0, 0.1) is 5.41 Å². The van der Waals surface area contributed by atoms with E-state index in [1.165, 1.54) is 6.39 Å². The van der Waals surface area contributed by atoms with Crippen LogP contribution in [0.1, 0.15) is 38.8 Å². The molecule has 0 unspecified atom stereocenters. The lowest BCUT2D eigenvalue weighted by Crippen LogP contribution is -2.51. The summed E-state index contributed by atoms with van der Waals surface area (Å²) in [5, 5.41) is 11.6. The molecule has 6 rings (SSSR count). The number of hydrogen-bond donors (Lipinski definition) is 2. The van der Waals surface area contributed by atoms with Crippen LogP contribution in [0.3, 0.4) is 0 Å². The Balaban J connectivity index is 1.23. The maximum Gasteiger partial charge on any atom is 0.220 e. The molecule has 2 saturated heterocycles. The van der Waals surface area contributed by atoms with Crippen molar-refractivity contribution in [2.24, 2.45) is 21.1 Å². The van der Waals surface area contributed by atoms with Crippen LogP contribution >= 0.6 is 0 Å². The van der Waals surface area contributed by atoms with Crippen LogP contribution in [-0.4, -0.2) is 81.2 Å². The summed E-state index contributed by atoms with van der Waals surface area (Å²) in [4.78, 5) is 22.5. The van der Waals surface area contributed by atoms with Gasteiger partial charge >= 0.3 is 0 Å². The number of nitrogens with two attached hydrogens (primary N) is 1. The molecule has 12 heteroatoms. The first-order valence-electron chi connectivity index (χ1n) is 12.8. The Hall–Kier alpha value is -3.64. The van der Waals surface area contributed by atoms with Crippen LogP contribution in [0.25, 0.3) is 11.5 Å². The molecule has 0 aliphatic carbocycles. The molecule has 0 bridgehead atoms. The minimum atomic E-state index is 0.0739. The van der Waals surface area contributed by atoms with Gasteiger partial charge in [0.15, 0.2) is 17.3 Å². The van der Waals surface area contributed by atoms with Crippen LogP contribution in [-0.2, 0) is 11.2 Å². The maximum atomic E-state index is 6.49. The van der Waals surface area contributed by atoms with Crippen molar-refractivity contribution in [2.45, 2.75) is 51.7 Å². The summed E-state index contributed by atoms with van der Waals surface area (Å²) >= 11 is 0. The van der Waals surface area contributed by atoms with E-state index < -0.39 is 0 Å². The molecule has 194 valence electrons. The number of anilines is 2. The summed E-state index contributed by atoms with van der Waals surface area (Å²) in [6.07, 6.45) is 5.19. The smallest absolute Gasteiger partial charge is 0.220 e. The summed E-state index contributed by atoms with van der Waals surface area (Å²) in [5.74, 6) is 2.68. The lowest BCUT2D eigenvalue weighted by atomic mass is 9.73. The zero-order valence-corrected chi connectivity index (χ0v) is 21.2. The van der Waals surface area contributed by atoms with Gasteiger partial charge in [-0.25, -0.2) is 9.98 Å². The number of H-pyrrole nitrogens is 1. The summed E-state index contributed by atoms with van der Waals surface area (Å²) in [7, 11) is 0. The third-order valence-corrected chi connectivity index (χ3v) is 8.08. The van der Waals surface area contributed by atoms with Gasteiger partial charge in [0.1, 0.15) is 11.5 Å². The minimum Gasteiger partial charge on any atom is -0.376 e. The average Bonchev–Trinajstić information content (AvgIpc) is 3.66. The number of piperidine rings is 1. The predicted octanol–water partition coefficient (Wildman–Crippen LogP) is 3.15. The van der Waals surface area contributed by atoms with Gasteiger partial charge in [0.25, 0.3) is 0 Å². The number of rotatable bonds is 4. The van der Waals surface area contributed by atoms with Crippen molar-refractivity contribution in [2.75, 3.05) is 31.1 Å². The summed E-state index contributed by atoms with van der Waals surface area (Å²) in [5.41, 5.74) is 9.81. The van der Waals surface area contributed by atoms with Crippen LogP contribution < -0.4 is 10.6 Å². The lowest BCUT2D eigenvalue weighted by molar-refractivity contribution is 0.0838. The summed E-state index contributed by atoms with van der Waals surface area (Å²) in [6, 6.07) is 4.00. The van der Waals surface area contributed by atoms with E-state index in [0.717, 1.165) is 69.1 Å². The zero-order valence-electron chi connectivity index (χ0n) is 21.2. The van der Waals surface area contributed by atoms with E-state index >= 15 is 0 Å². The highest BCUT2D eigenvalue weighted by atomic mass is 16.5. The molecule has 37 heavy (non-hydrogen) atoms. The SMILES string of the molecule is C=Nc1c(N2CCCc3nc(-c4ncon4)ccc32)n[nH]c1N=C(C)N1CCC2(CC1)CO[C@@H](C)[C@H]2N. The topological polar surface area (TPSA) is 147 Å². The number of likely N-dealkylation sites (tertiary alicyclic amines) is 1. The molecule has 0 saturated carbocycles. The molecular weight excluding hydrogens is 472 g/mol. The molecule has 2 atom stereocenters. The van der Waals surface area contributed by atoms with Crippen LogP contribution in [0.5, 0.6) is 0 Å². The van der Waals surface area contributed by atoms with Gasteiger partial charge < -0.3 is 24.8 Å². The Kier molecular flexibility index (Phi) is 6.00. The van der Waals surface area contributed by atoms with Crippen molar-refractivity contribution in [1.82, 2.24) is 30.2 Å². The van der Waals surface area contributed by atoms with Crippen molar-refractivity contribution in [3.8, 4) is 11.5 Å². The Morgan fingerprint density at radius 2 is 2.11 bits per heavy atom. The standard InChI is InChI=1S/C25H32N10O2/c1-15-21(26)25(13-36-15)8-11-34(12-9-25)16(2)29-23-20(27-3)24(32-31-23)35-10-4-5-17-19(35)7-6-18(30-17)22-28-14-37-33-22/h6-7,14-15,21H,3-5,8-13,26H2,1-2H3,(H,31,32)/t15-,21+/m0/s1. The van der Waals surface area contributed by atoms with Crippen molar-refractivity contribution in [1.29, 1.82) is 0 Å². The molecule has 3 N–H and O–H groups in total. The molecule has 3 aromatic rings. The summed E-state index contributed by atoms with van der Waals surface area (Å²) in [6.45, 7) is 11.2. The van der Waals surface area contributed by atoms with E-state index in [2.05, 4.69) is 48.8 Å². The number of aromatic amines is 1. The first-order chi connectivity index (χ1) is 18.0.